The average molecular weight is 663 g/mol. The SMILES string of the molecule is COc1cc(C)c(S(=O)(=O)N(Cc2noc(C(=O)N3CCN(CCCCN(C)C)CC3)n2)C2CC2)c(C)c1.O=C(O)C(F)(F)F. The first kappa shape index (κ1) is 36.2. The molecular formula is C28H41F3N6O7S. The van der Waals surface area contributed by atoms with Crippen LogP contribution in [0.4, 0.5) is 13.2 Å². The Morgan fingerprint density at radius 1 is 1.09 bits per heavy atom. The molecule has 0 atom stereocenters. The highest BCUT2D eigenvalue weighted by atomic mass is 32.2. The van der Waals surface area contributed by atoms with Gasteiger partial charge in [0, 0.05) is 32.2 Å². The van der Waals surface area contributed by atoms with E-state index in [9.17, 15) is 26.4 Å². The van der Waals surface area contributed by atoms with Crippen LogP contribution in [0, 0.1) is 13.8 Å². The molecule has 2 aromatic rings. The molecule has 0 unspecified atom stereocenters. The van der Waals surface area contributed by atoms with E-state index in [2.05, 4.69) is 34.0 Å². The van der Waals surface area contributed by atoms with Gasteiger partial charge < -0.3 is 24.2 Å². The number of rotatable bonds is 12. The number of unbranched alkanes of at least 4 members (excludes halogenated alkanes) is 1. The summed E-state index contributed by atoms with van der Waals surface area (Å²) in [6.07, 6.45) is -1.25. The van der Waals surface area contributed by atoms with Gasteiger partial charge >= 0.3 is 23.9 Å². The van der Waals surface area contributed by atoms with E-state index in [4.69, 9.17) is 19.2 Å². The number of aromatic nitrogens is 2. The molecule has 4 rings (SSSR count). The van der Waals surface area contributed by atoms with Crippen molar-refractivity contribution in [1.29, 1.82) is 0 Å². The lowest BCUT2D eigenvalue weighted by Crippen LogP contribution is -2.49. The van der Waals surface area contributed by atoms with Crippen molar-refractivity contribution in [2.75, 3.05) is 60.5 Å². The quantitative estimate of drug-likeness (QED) is 0.335. The minimum atomic E-state index is -5.08. The summed E-state index contributed by atoms with van der Waals surface area (Å²) < 4.78 is 71.2. The Balaban J connectivity index is 0.000000707. The van der Waals surface area contributed by atoms with Crippen molar-refractivity contribution in [3.05, 3.63) is 35.0 Å². The Hall–Kier alpha value is -3.28. The Kier molecular flexibility index (Phi) is 12.3. The average Bonchev–Trinajstić information content (AvgIpc) is 3.69. The van der Waals surface area contributed by atoms with Crippen LogP contribution in [-0.4, -0.2) is 127 Å². The molecule has 1 aliphatic carbocycles. The first-order valence-corrected chi connectivity index (χ1v) is 15.9. The predicted octanol–water partition coefficient (Wildman–Crippen LogP) is 2.78. The Labute approximate surface area is 260 Å². The molecule has 0 bridgehead atoms. The number of nitrogens with zero attached hydrogens (tertiary/aromatic N) is 6. The molecule has 13 nitrogen and oxygen atoms in total. The maximum atomic E-state index is 13.7. The van der Waals surface area contributed by atoms with Crippen LogP contribution in [0.3, 0.4) is 0 Å². The number of aliphatic carboxylic acids is 1. The molecule has 2 aliphatic rings. The van der Waals surface area contributed by atoms with Gasteiger partial charge in [0.05, 0.1) is 18.6 Å². The highest BCUT2D eigenvalue weighted by molar-refractivity contribution is 7.89. The first-order valence-electron chi connectivity index (χ1n) is 14.5. The van der Waals surface area contributed by atoms with Crippen LogP contribution in [0.5, 0.6) is 5.75 Å². The number of carboxylic acids is 1. The summed E-state index contributed by atoms with van der Waals surface area (Å²) in [4.78, 5) is 32.8. The number of carbonyl (C=O) groups excluding carboxylic acids is 1. The molecule has 1 amide bonds. The molecular weight excluding hydrogens is 621 g/mol. The summed E-state index contributed by atoms with van der Waals surface area (Å²) in [7, 11) is 1.90. The molecule has 1 aromatic carbocycles. The Morgan fingerprint density at radius 3 is 2.16 bits per heavy atom. The van der Waals surface area contributed by atoms with Crippen LogP contribution >= 0.6 is 0 Å². The minimum Gasteiger partial charge on any atom is -0.497 e. The fourth-order valence-corrected chi connectivity index (χ4v) is 7.00. The number of hydrogen-bond donors (Lipinski definition) is 1. The number of methoxy groups -OCH3 is 1. The summed E-state index contributed by atoms with van der Waals surface area (Å²) in [6, 6.07) is 3.32. The summed E-state index contributed by atoms with van der Waals surface area (Å²) in [6.45, 7) is 8.41. The largest absolute Gasteiger partial charge is 0.497 e. The number of alkyl halides is 3. The molecule has 252 valence electrons. The second-order valence-corrected chi connectivity index (χ2v) is 13.2. The summed E-state index contributed by atoms with van der Waals surface area (Å²) in [5.41, 5.74) is 1.24. The van der Waals surface area contributed by atoms with Gasteiger partial charge in [0.15, 0.2) is 5.82 Å². The van der Waals surface area contributed by atoms with Gasteiger partial charge in [-0.05, 0) is 90.0 Å². The van der Waals surface area contributed by atoms with E-state index in [1.54, 1.807) is 38.0 Å². The van der Waals surface area contributed by atoms with E-state index < -0.39 is 22.2 Å². The number of benzene rings is 1. The molecule has 1 saturated carbocycles. The van der Waals surface area contributed by atoms with Crippen LogP contribution in [0.1, 0.15) is 53.3 Å². The molecule has 1 aromatic heterocycles. The van der Waals surface area contributed by atoms with E-state index in [-0.39, 0.29) is 35.1 Å². The van der Waals surface area contributed by atoms with Crippen molar-refractivity contribution < 1.29 is 45.5 Å². The topological polar surface area (TPSA) is 150 Å². The summed E-state index contributed by atoms with van der Waals surface area (Å²) >= 11 is 0. The Morgan fingerprint density at radius 2 is 1.67 bits per heavy atom. The standard InChI is InChI=1S/C26H40N6O5S.C2HF3O2/c1-19-16-22(36-5)17-20(2)24(19)38(34,35)32(21-8-9-21)18-23-27-25(37-28-23)26(33)31-14-12-30(13-15-31)11-7-6-10-29(3)4;3-2(4,5)1(6)7/h16-17,21H,6-15,18H2,1-5H3;(H,6,7). The van der Waals surface area contributed by atoms with Gasteiger partial charge in [-0.3, -0.25) is 9.69 Å². The van der Waals surface area contributed by atoms with Gasteiger partial charge in [0.1, 0.15) is 5.75 Å². The van der Waals surface area contributed by atoms with Crippen molar-refractivity contribution in [3.63, 3.8) is 0 Å². The molecule has 1 saturated heterocycles. The number of halogens is 3. The van der Waals surface area contributed by atoms with Crippen LogP contribution in [0.2, 0.25) is 0 Å². The molecule has 1 aliphatic heterocycles. The van der Waals surface area contributed by atoms with Crippen molar-refractivity contribution in [2.24, 2.45) is 0 Å². The maximum absolute atomic E-state index is 13.7. The number of sulfonamides is 1. The van der Waals surface area contributed by atoms with Crippen molar-refractivity contribution in [1.82, 2.24) is 29.1 Å². The number of carbonyl (C=O) groups is 2. The third-order valence-electron chi connectivity index (χ3n) is 7.37. The van der Waals surface area contributed by atoms with Gasteiger partial charge in [-0.1, -0.05) is 5.16 Å². The van der Waals surface area contributed by atoms with Gasteiger partial charge in [-0.15, -0.1) is 0 Å². The summed E-state index contributed by atoms with van der Waals surface area (Å²) in [5, 5.41) is 11.1. The van der Waals surface area contributed by atoms with Gasteiger partial charge in [-0.25, -0.2) is 13.2 Å². The molecule has 17 heteroatoms. The molecule has 0 radical (unpaired) electrons. The van der Waals surface area contributed by atoms with E-state index in [0.717, 1.165) is 51.9 Å². The number of carboxylic acid groups (broad SMARTS) is 1. The van der Waals surface area contributed by atoms with Crippen molar-refractivity contribution >= 4 is 21.9 Å². The fourth-order valence-electron chi connectivity index (χ4n) is 4.94. The van der Waals surface area contributed by atoms with Gasteiger partial charge in [-0.2, -0.15) is 22.5 Å². The Bertz CT molecular complexity index is 1400. The first-order chi connectivity index (χ1) is 21.0. The highest BCUT2D eigenvalue weighted by Crippen LogP contribution is 2.36. The third-order valence-corrected chi connectivity index (χ3v) is 9.57. The number of aryl methyl sites for hydroxylation is 2. The maximum Gasteiger partial charge on any atom is 0.490 e. The van der Waals surface area contributed by atoms with E-state index in [0.29, 0.717) is 30.0 Å². The number of hydrogen-bond acceptors (Lipinski definition) is 10. The zero-order valence-corrected chi connectivity index (χ0v) is 26.9. The van der Waals surface area contributed by atoms with Gasteiger partial charge in [0.25, 0.3) is 0 Å². The predicted molar refractivity (Wildman–Crippen MR) is 156 cm³/mol. The monoisotopic (exact) mass is 662 g/mol. The molecule has 2 heterocycles. The lowest BCUT2D eigenvalue weighted by molar-refractivity contribution is -0.192. The van der Waals surface area contributed by atoms with Crippen molar-refractivity contribution in [2.45, 2.75) is 63.2 Å². The molecule has 0 spiro atoms. The molecule has 45 heavy (non-hydrogen) atoms. The number of piperazine rings is 1. The van der Waals surface area contributed by atoms with E-state index in [1.807, 2.05) is 0 Å². The van der Waals surface area contributed by atoms with Crippen molar-refractivity contribution in [3.8, 4) is 5.75 Å². The van der Waals surface area contributed by atoms with Crippen LogP contribution in [0.25, 0.3) is 0 Å². The van der Waals surface area contributed by atoms with E-state index >= 15 is 0 Å². The minimum absolute atomic E-state index is 0.0462. The second-order valence-electron chi connectivity index (χ2n) is 11.3. The zero-order valence-electron chi connectivity index (χ0n) is 26.1. The lowest BCUT2D eigenvalue weighted by Gasteiger charge is -2.34. The normalized spacial score (nSPS) is 16.1. The second kappa shape index (κ2) is 15.3. The third kappa shape index (κ3) is 10.1. The number of ether oxygens (including phenoxy) is 1. The fraction of sp³-hybridized carbons (Fsp3) is 0.643. The molecule has 1 N–H and O–H groups in total. The summed E-state index contributed by atoms with van der Waals surface area (Å²) in [5.74, 6) is -2.36. The smallest absolute Gasteiger partial charge is 0.490 e. The van der Waals surface area contributed by atoms with Crippen LogP contribution in [0.15, 0.2) is 21.6 Å². The van der Waals surface area contributed by atoms with Crippen LogP contribution in [-0.2, 0) is 21.4 Å². The highest BCUT2D eigenvalue weighted by Gasteiger charge is 2.41. The van der Waals surface area contributed by atoms with E-state index in [1.165, 1.54) is 4.31 Å². The zero-order chi connectivity index (χ0) is 33.5. The number of amides is 1. The molecule has 2 fully saturated rings. The lowest BCUT2D eigenvalue weighted by atomic mass is 10.1. The van der Waals surface area contributed by atoms with Gasteiger partial charge in [0.2, 0.25) is 10.0 Å². The van der Waals surface area contributed by atoms with Crippen LogP contribution < -0.4 is 4.74 Å².